The van der Waals surface area contributed by atoms with Gasteiger partial charge < -0.3 is 15.0 Å². The fourth-order valence-corrected chi connectivity index (χ4v) is 5.06. The van der Waals surface area contributed by atoms with Gasteiger partial charge in [0.2, 0.25) is 10.0 Å². The van der Waals surface area contributed by atoms with Crippen LogP contribution in [0, 0.1) is 5.92 Å². The molecule has 1 N–H and O–H groups in total. The third-order valence-electron chi connectivity index (χ3n) is 5.83. The second-order valence-electron chi connectivity index (χ2n) is 7.57. The van der Waals surface area contributed by atoms with E-state index in [-0.39, 0.29) is 0 Å². The van der Waals surface area contributed by atoms with Gasteiger partial charge in [-0.1, -0.05) is 0 Å². The lowest BCUT2D eigenvalue weighted by molar-refractivity contribution is 0.0195. The van der Waals surface area contributed by atoms with Gasteiger partial charge >= 0.3 is 0 Å². The van der Waals surface area contributed by atoms with Crippen molar-refractivity contribution in [2.24, 2.45) is 10.9 Å². The summed E-state index contributed by atoms with van der Waals surface area (Å²) in [5, 5.41) is 3.52. The molecule has 0 spiro atoms. The van der Waals surface area contributed by atoms with Gasteiger partial charge in [0.25, 0.3) is 0 Å². The molecule has 26 heavy (non-hydrogen) atoms. The molecule has 3 heterocycles. The van der Waals surface area contributed by atoms with Crippen LogP contribution >= 0.6 is 0 Å². The Balaban J connectivity index is 1.43. The predicted molar refractivity (Wildman–Crippen MR) is 103 cm³/mol. The second kappa shape index (κ2) is 8.86. The molecule has 0 aromatic carbocycles. The second-order valence-corrected chi connectivity index (χ2v) is 9.55. The Morgan fingerprint density at radius 2 is 1.81 bits per heavy atom. The van der Waals surface area contributed by atoms with Crippen molar-refractivity contribution in [2.45, 2.75) is 25.3 Å². The number of hydrogen-bond acceptors (Lipinski definition) is 5. The van der Waals surface area contributed by atoms with Crippen LogP contribution in [0.25, 0.3) is 0 Å². The minimum absolute atomic E-state index is 0.502. The van der Waals surface area contributed by atoms with Crippen LogP contribution in [0.4, 0.5) is 0 Å². The first-order valence-corrected chi connectivity index (χ1v) is 11.5. The van der Waals surface area contributed by atoms with Crippen LogP contribution in [0.2, 0.25) is 0 Å². The SMILES string of the molecule is CN=C(NCC1CCN(S(C)(=O)=O)CC1)N1CCC(N2CCOCC2)C1. The third kappa shape index (κ3) is 5.09. The molecule has 150 valence electrons. The number of piperidine rings is 1. The van der Waals surface area contributed by atoms with Gasteiger partial charge in [-0.3, -0.25) is 9.89 Å². The standard InChI is InChI=1S/C17H33N5O3S/c1-18-17(19-13-15-3-7-22(8-4-15)26(2,23)24)21-6-5-16(14-21)20-9-11-25-12-10-20/h15-16H,3-14H2,1-2H3,(H,18,19). The molecule has 0 saturated carbocycles. The van der Waals surface area contributed by atoms with Gasteiger partial charge in [-0.25, -0.2) is 12.7 Å². The van der Waals surface area contributed by atoms with E-state index in [1.54, 1.807) is 4.31 Å². The van der Waals surface area contributed by atoms with E-state index in [9.17, 15) is 8.42 Å². The predicted octanol–water partition coefficient (Wildman–Crippen LogP) is -0.360. The van der Waals surface area contributed by atoms with Gasteiger partial charge in [-0.15, -0.1) is 0 Å². The topological polar surface area (TPSA) is 77.5 Å². The normalized spacial score (nSPS) is 27.8. The van der Waals surface area contributed by atoms with Crippen LogP contribution in [0.15, 0.2) is 4.99 Å². The smallest absolute Gasteiger partial charge is 0.211 e. The highest BCUT2D eigenvalue weighted by atomic mass is 32.2. The van der Waals surface area contributed by atoms with Crippen molar-refractivity contribution in [1.82, 2.24) is 19.4 Å². The lowest BCUT2D eigenvalue weighted by Gasteiger charge is -2.33. The third-order valence-corrected chi connectivity index (χ3v) is 7.13. The van der Waals surface area contributed by atoms with Crippen molar-refractivity contribution in [3.8, 4) is 0 Å². The van der Waals surface area contributed by atoms with Crippen molar-refractivity contribution in [3.63, 3.8) is 0 Å². The maximum absolute atomic E-state index is 11.6. The number of morpholine rings is 1. The summed E-state index contributed by atoms with van der Waals surface area (Å²) in [5.41, 5.74) is 0. The van der Waals surface area contributed by atoms with Crippen molar-refractivity contribution in [3.05, 3.63) is 0 Å². The molecule has 0 bridgehead atoms. The van der Waals surface area contributed by atoms with Crippen molar-refractivity contribution >= 4 is 16.0 Å². The highest BCUT2D eigenvalue weighted by Gasteiger charge is 2.31. The first-order valence-electron chi connectivity index (χ1n) is 9.70. The summed E-state index contributed by atoms with van der Waals surface area (Å²) in [6.07, 6.45) is 4.29. The quantitative estimate of drug-likeness (QED) is 0.524. The highest BCUT2D eigenvalue weighted by molar-refractivity contribution is 7.88. The summed E-state index contributed by atoms with van der Waals surface area (Å²) in [6, 6.07) is 0.593. The Bertz CT molecular complexity index is 583. The van der Waals surface area contributed by atoms with E-state index >= 15 is 0 Å². The summed E-state index contributed by atoms with van der Waals surface area (Å²) in [5.74, 6) is 1.48. The number of rotatable bonds is 4. The molecule has 0 aliphatic carbocycles. The zero-order chi connectivity index (χ0) is 18.6. The number of likely N-dealkylation sites (tertiary alicyclic amines) is 1. The molecule has 0 radical (unpaired) electrons. The number of sulfonamides is 1. The van der Waals surface area contributed by atoms with Crippen LogP contribution in [0.5, 0.6) is 0 Å². The molecule has 0 amide bonds. The van der Waals surface area contributed by atoms with Crippen molar-refractivity contribution < 1.29 is 13.2 Å². The lowest BCUT2D eigenvalue weighted by Crippen LogP contribution is -2.47. The largest absolute Gasteiger partial charge is 0.379 e. The zero-order valence-electron chi connectivity index (χ0n) is 16.1. The maximum Gasteiger partial charge on any atom is 0.211 e. The zero-order valence-corrected chi connectivity index (χ0v) is 16.9. The van der Waals surface area contributed by atoms with E-state index in [0.717, 1.165) is 64.7 Å². The molecule has 8 nitrogen and oxygen atoms in total. The number of aliphatic imine (C=N–C) groups is 1. The van der Waals surface area contributed by atoms with Gasteiger partial charge in [-0.2, -0.15) is 0 Å². The minimum atomic E-state index is -3.05. The van der Waals surface area contributed by atoms with E-state index in [1.807, 2.05) is 7.05 Å². The molecule has 3 saturated heterocycles. The van der Waals surface area contributed by atoms with Gasteiger partial charge in [0, 0.05) is 58.9 Å². The number of nitrogens with one attached hydrogen (secondary N) is 1. The van der Waals surface area contributed by atoms with Gasteiger partial charge in [0.1, 0.15) is 0 Å². The molecule has 1 unspecified atom stereocenters. The molecule has 1 atom stereocenters. The van der Waals surface area contributed by atoms with E-state index in [0.29, 0.717) is 25.0 Å². The van der Waals surface area contributed by atoms with Crippen molar-refractivity contribution in [2.75, 3.05) is 72.3 Å². The van der Waals surface area contributed by atoms with E-state index in [2.05, 4.69) is 20.1 Å². The van der Waals surface area contributed by atoms with Crippen LogP contribution in [0.1, 0.15) is 19.3 Å². The van der Waals surface area contributed by atoms with Crippen LogP contribution < -0.4 is 5.32 Å². The molecule has 3 fully saturated rings. The molecule has 0 aromatic rings. The fraction of sp³-hybridized carbons (Fsp3) is 0.941. The average Bonchev–Trinajstić information content (AvgIpc) is 3.13. The summed E-state index contributed by atoms with van der Waals surface area (Å²) < 4.78 is 30.3. The number of hydrogen-bond donors (Lipinski definition) is 1. The highest BCUT2D eigenvalue weighted by Crippen LogP contribution is 2.20. The van der Waals surface area contributed by atoms with Crippen LogP contribution in [0.3, 0.4) is 0 Å². The molecule has 3 rings (SSSR count). The van der Waals surface area contributed by atoms with Gasteiger partial charge in [0.15, 0.2) is 5.96 Å². The van der Waals surface area contributed by atoms with E-state index in [4.69, 9.17) is 4.74 Å². The molecular formula is C17H33N5O3S. The monoisotopic (exact) mass is 387 g/mol. The van der Waals surface area contributed by atoms with Gasteiger partial charge in [0.05, 0.1) is 19.5 Å². The Hall–Kier alpha value is -0.900. The van der Waals surface area contributed by atoms with Crippen LogP contribution in [-0.4, -0.2) is 107 Å². The number of ether oxygens (including phenoxy) is 1. The summed E-state index contributed by atoms with van der Waals surface area (Å²) in [4.78, 5) is 9.36. The molecular weight excluding hydrogens is 354 g/mol. The molecule has 0 aromatic heterocycles. The molecule has 3 aliphatic rings. The first-order chi connectivity index (χ1) is 12.5. The average molecular weight is 388 g/mol. The molecule has 3 aliphatic heterocycles. The summed E-state index contributed by atoms with van der Waals surface area (Å²) in [6.45, 7) is 7.93. The number of guanidine groups is 1. The summed E-state index contributed by atoms with van der Waals surface area (Å²) >= 11 is 0. The maximum atomic E-state index is 11.6. The summed E-state index contributed by atoms with van der Waals surface area (Å²) in [7, 11) is -1.20. The minimum Gasteiger partial charge on any atom is -0.379 e. The Labute approximate surface area is 157 Å². The first kappa shape index (κ1) is 19.9. The lowest BCUT2D eigenvalue weighted by atomic mass is 9.98. The molecule has 9 heteroatoms. The van der Waals surface area contributed by atoms with E-state index < -0.39 is 10.0 Å². The Morgan fingerprint density at radius 1 is 1.12 bits per heavy atom. The fourth-order valence-electron chi connectivity index (χ4n) is 4.19. The van der Waals surface area contributed by atoms with E-state index in [1.165, 1.54) is 12.7 Å². The van der Waals surface area contributed by atoms with Gasteiger partial charge in [-0.05, 0) is 25.2 Å². The van der Waals surface area contributed by atoms with Crippen molar-refractivity contribution in [1.29, 1.82) is 0 Å². The Kier molecular flexibility index (Phi) is 6.76. The number of nitrogens with zero attached hydrogens (tertiary/aromatic N) is 4. The van der Waals surface area contributed by atoms with Crippen LogP contribution in [-0.2, 0) is 14.8 Å². The Morgan fingerprint density at radius 3 is 2.42 bits per heavy atom.